The molecule has 4 aromatic rings. The van der Waals surface area contributed by atoms with Crippen molar-refractivity contribution < 1.29 is 28.7 Å². The highest BCUT2D eigenvalue weighted by Crippen LogP contribution is 2.68. The lowest BCUT2D eigenvalue weighted by atomic mass is 9.63. The fourth-order valence-corrected chi connectivity index (χ4v) is 7.70. The molecule has 0 N–H and O–H groups in total. The zero-order valence-electron chi connectivity index (χ0n) is 23.9. The molecule has 0 aromatic heterocycles. The molecule has 9 nitrogen and oxygen atoms in total. The summed E-state index contributed by atoms with van der Waals surface area (Å²) in [6, 6.07) is 28.5. The van der Waals surface area contributed by atoms with Crippen LogP contribution in [0.3, 0.4) is 0 Å². The fraction of sp³-hybridized carbons (Fsp3) is 0.235. The molecule has 45 heavy (non-hydrogen) atoms. The minimum atomic E-state index is -2.16. The van der Waals surface area contributed by atoms with Crippen LogP contribution in [0.25, 0.3) is 0 Å². The average molecular weight is 690 g/mol. The number of nitro groups is 1. The van der Waals surface area contributed by atoms with Gasteiger partial charge in [0.2, 0.25) is 0 Å². The van der Waals surface area contributed by atoms with Crippen LogP contribution in [0.2, 0.25) is 5.02 Å². The molecule has 7 rings (SSSR count). The number of anilines is 1. The molecule has 4 aromatic carbocycles. The molecule has 1 fully saturated rings. The Bertz CT molecular complexity index is 1840. The third-order valence-corrected chi connectivity index (χ3v) is 9.84. The summed E-state index contributed by atoms with van der Waals surface area (Å²) in [6.45, 7) is 0.218. The van der Waals surface area contributed by atoms with Gasteiger partial charge in [0.15, 0.2) is 17.8 Å². The number of methoxy groups -OCH3 is 1. The first kappa shape index (κ1) is 29.5. The van der Waals surface area contributed by atoms with Crippen LogP contribution in [0.4, 0.5) is 5.69 Å². The van der Waals surface area contributed by atoms with E-state index in [1.165, 1.54) is 7.11 Å². The Kier molecular flexibility index (Phi) is 7.18. The molecule has 3 aliphatic rings. The summed E-state index contributed by atoms with van der Waals surface area (Å²) in [5.74, 6) is -2.11. The topological polar surface area (TPSA) is 108 Å². The van der Waals surface area contributed by atoms with Gasteiger partial charge in [0.25, 0.3) is 11.4 Å². The van der Waals surface area contributed by atoms with Crippen LogP contribution in [0.5, 0.6) is 5.75 Å². The summed E-state index contributed by atoms with van der Waals surface area (Å²) >= 11 is 9.91. The second-order valence-corrected chi connectivity index (χ2v) is 12.7. The van der Waals surface area contributed by atoms with E-state index in [1.54, 1.807) is 59.5 Å². The number of hydrogen-bond donors (Lipinski definition) is 0. The van der Waals surface area contributed by atoms with E-state index < -0.39 is 52.5 Å². The maximum Gasteiger partial charge on any atom is 0.309 e. The molecule has 3 aliphatic heterocycles. The Morgan fingerprint density at radius 2 is 1.76 bits per heavy atom. The second kappa shape index (κ2) is 11.0. The third kappa shape index (κ3) is 4.30. The van der Waals surface area contributed by atoms with Crippen molar-refractivity contribution in [2.45, 2.75) is 42.2 Å². The number of esters is 1. The van der Waals surface area contributed by atoms with Crippen LogP contribution in [0.15, 0.2) is 102 Å². The van der Waals surface area contributed by atoms with Crippen molar-refractivity contribution in [1.82, 2.24) is 0 Å². The summed E-state index contributed by atoms with van der Waals surface area (Å²) in [4.78, 5) is 43.0. The van der Waals surface area contributed by atoms with Gasteiger partial charge >= 0.3 is 5.97 Å². The van der Waals surface area contributed by atoms with Crippen LogP contribution >= 0.6 is 27.5 Å². The number of carbonyl (C=O) groups is 2. The molecule has 0 aliphatic carbocycles. The van der Waals surface area contributed by atoms with Crippen LogP contribution in [0, 0.1) is 10.1 Å². The van der Waals surface area contributed by atoms with Crippen molar-refractivity contribution >= 4 is 45.1 Å². The van der Waals surface area contributed by atoms with Gasteiger partial charge in [-0.15, -0.1) is 0 Å². The molecular weight excluding hydrogens is 664 g/mol. The average Bonchev–Trinajstić information content (AvgIpc) is 3.50. The number of fused-ring (bicyclic) bond motifs is 5. The number of nitrogens with zero attached hydrogens (tertiary/aromatic N) is 2. The van der Waals surface area contributed by atoms with Crippen molar-refractivity contribution in [3.8, 4) is 5.75 Å². The number of rotatable bonds is 6. The van der Waals surface area contributed by atoms with E-state index in [4.69, 9.17) is 25.8 Å². The first-order valence-corrected chi connectivity index (χ1v) is 15.4. The predicted molar refractivity (Wildman–Crippen MR) is 169 cm³/mol. The van der Waals surface area contributed by atoms with Gasteiger partial charge in [0.1, 0.15) is 11.7 Å². The van der Waals surface area contributed by atoms with E-state index in [2.05, 4.69) is 15.9 Å². The van der Waals surface area contributed by atoms with Gasteiger partial charge < -0.3 is 19.1 Å². The Morgan fingerprint density at radius 3 is 2.47 bits per heavy atom. The Balaban J connectivity index is 1.54. The van der Waals surface area contributed by atoms with Crippen molar-refractivity contribution in [2.24, 2.45) is 0 Å². The predicted octanol–water partition coefficient (Wildman–Crippen LogP) is 6.74. The van der Waals surface area contributed by atoms with Crippen LogP contribution in [-0.2, 0) is 31.2 Å². The summed E-state index contributed by atoms with van der Waals surface area (Å²) < 4.78 is 19.1. The zero-order valence-corrected chi connectivity index (χ0v) is 26.2. The molecule has 0 saturated carbocycles. The van der Waals surface area contributed by atoms with E-state index >= 15 is 4.79 Å². The van der Waals surface area contributed by atoms with E-state index in [9.17, 15) is 14.9 Å². The highest BCUT2D eigenvalue weighted by atomic mass is 79.9. The summed E-state index contributed by atoms with van der Waals surface area (Å²) in [5.41, 5.74) is -1.26. The number of amides is 1. The largest absolute Gasteiger partial charge is 0.482 e. The molecule has 0 bridgehead atoms. The maximum absolute atomic E-state index is 15.1. The molecule has 1 spiro atoms. The minimum Gasteiger partial charge on any atom is -0.482 e. The highest BCUT2D eigenvalue weighted by Gasteiger charge is 2.82. The number of benzene rings is 4. The number of carbonyl (C=O) groups excluding carboxylic acids is 2. The first-order chi connectivity index (χ1) is 21.7. The molecule has 5 atom stereocenters. The van der Waals surface area contributed by atoms with Gasteiger partial charge in [-0.1, -0.05) is 88.2 Å². The molecule has 0 radical (unpaired) electrons. The third-order valence-electron chi connectivity index (χ3n) is 9.07. The van der Waals surface area contributed by atoms with Gasteiger partial charge in [-0.3, -0.25) is 19.7 Å². The number of hydrogen-bond acceptors (Lipinski definition) is 7. The molecular formula is C34H26BrClN2O7. The molecule has 228 valence electrons. The van der Waals surface area contributed by atoms with Gasteiger partial charge in [-0.05, 0) is 47.5 Å². The van der Waals surface area contributed by atoms with E-state index in [0.717, 1.165) is 10.0 Å². The Hall–Kier alpha value is -4.25. The first-order valence-electron chi connectivity index (χ1n) is 14.3. The standard InChI is InChI=1S/C34H26BrClN2O7/c1-43-29(39)18-28-33(38(41)42)30(21-11-13-22(35)14-12-21)34(45-31(33)24-17-23(36)15-16-27(24)44-28)25-9-5-6-10-26(25)37(32(34)40)19-20-7-3-2-4-8-20/h2-17,28,30-31H,18-19H2,1H3/t28-,30+,31+,33-,34-/m1/s1. The minimum absolute atomic E-state index is 0.218. The molecule has 3 heterocycles. The molecule has 1 amide bonds. The lowest BCUT2D eigenvalue weighted by Gasteiger charge is -2.41. The van der Waals surface area contributed by atoms with Gasteiger partial charge in [-0.25, -0.2) is 0 Å². The van der Waals surface area contributed by atoms with Crippen molar-refractivity contribution in [1.29, 1.82) is 0 Å². The van der Waals surface area contributed by atoms with E-state index in [-0.39, 0.29) is 12.3 Å². The van der Waals surface area contributed by atoms with Gasteiger partial charge in [0.05, 0.1) is 25.8 Å². The lowest BCUT2D eigenvalue weighted by molar-refractivity contribution is -0.593. The highest BCUT2D eigenvalue weighted by molar-refractivity contribution is 9.10. The number of halogens is 2. The lowest BCUT2D eigenvalue weighted by Crippen LogP contribution is -2.61. The number of para-hydroxylation sites is 1. The van der Waals surface area contributed by atoms with Crippen molar-refractivity contribution in [3.63, 3.8) is 0 Å². The molecule has 1 saturated heterocycles. The quantitative estimate of drug-likeness (QED) is 0.125. The summed E-state index contributed by atoms with van der Waals surface area (Å²) in [5, 5.41) is 14.2. The smallest absolute Gasteiger partial charge is 0.309 e. The number of ether oxygens (including phenoxy) is 3. The molecule has 0 unspecified atom stereocenters. The monoisotopic (exact) mass is 688 g/mol. The van der Waals surface area contributed by atoms with Crippen molar-refractivity contribution in [2.75, 3.05) is 12.0 Å². The van der Waals surface area contributed by atoms with E-state index in [1.807, 2.05) is 42.5 Å². The SMILES string of the molecule is COC(=O)C[C@H]1Oc2ccc(Cl)cc2[C@@H]2O[C@@]3(C(=O)N(Cc4ccccc4)c4ccccc43)[C@@H](c3ccc(Br)cc3)[C@]12[N+](=O)[O-]. The van der Waals surface area contributed by atoms with Crippen molar-refractivity contribution in [3.05, 3.63) is 139 Å². The zero-order chi connectivity index (χ0) is 31.5. The second-order valence-electron chi connectivity index (χ2n) is 11.3. The normalized spacial score (nSPS) is 26.2. The van der Waals surface area contributed by atoms with Crippen LogP contribution in [-0.4, -0.2) is 35.6 Å². The van der Waals surface area contributed by atoms with Gasteiger partial charge in [-0.2, -0.15) is 0 Å². The van der Waals surface area contributed by atoms with Crippen LogP contribution in [0.1, 0.15) is 40.7 Å². The molecule has 11 heteroatoms. The summed E-state index contributed by atoms with van der Waals surface area (Å²) in [6.07, 6.45) is -3.15. The van der Waals surface area contributed by atoms with Crippen LogP contribution < -0.4 is 9.64 Å². The summed E-state index contributed by atoms with van der Waals surface area (Å²) in [7, 11) is 1.21. The van der Waals surface area contributed by atoms with Gasteiger partial charge in [0, 0.05) is 25.5 Å². The Morgan fingerprint density at radius 1 is 1.04 bits per heavy atom. The Labute approximate surface area is 271 Å². The fourth-order valence-electron chi connectivity index (χ4n) is 7.25. The van der Waals surface area contributed by atoms with E-state index in [0.29, 0.717) is 27.4 Å². The maximum atomic E-state index is 15.1.